The SMILES string of the molecule is O=C(O)CCc1ncc(C2CC2)nn1. The summed E-state index contributed by atoms with van der Waals surface area (Å²) in [6.07, 6.45) is 4.47. The average molecular weight is 193 g/mol. The van der Waals surface area contributed by atoms with E-state index in [0.29, 0.717) is 18.2 Å². The zero-order valence-electron chi connectivity index (χ0n) is 7.68. The first kappa shape index (κ1) is 9.05. The lowest BCUT2D eigenvalue weighted by Crippen LogP contribution is -2.04. The molecule has 14 heavy (non-hydrogen) atoms. The van der Waals surface area contributed by atoms with Gasteiger partial charge in [0.25, 0.3) is 0 Å². The van der Waals surface area contributed by atoms with Crippen LogP contribution >= 0.6 is 0 Å². The smallest absolute Gasteiger partial charge is 0.303 e. The molecule has 0 amide bonds. The number of carbonyl (C=O) groups is 1. The second-order valence-electron chi connectivity index (χ2n) is 3.47. The Bertz CT molecular complexity index is 332. The van der Waals surface area contributed by atoms with Crippen LogP contribution in [-0.2, 0) is 11.2 Å². The van der Waals surface area contributed by atoms with Gasteiger partial charge in [-0.15, -0.1) is 5.10 Å². The Balaban J connectivity index is 1.95. The van der Waals surface area contributed by atoms with Crippen molar-refractivity contribution >= 4 is 5.97 Å². The number of aliphatic carboxylic acids is 1. The van der Waals surface area contributed by atoms with Crippen LogP contribution in [0.2, 0.25) is 0 Å². The van der Waals surface area contributed by atoms with Crippen molar-refractivity contribution in [1.29, 1.82) is 0 Å². The van der Waals surface area contributed by atoms with E-state index in [4.69, 9.17) is 5.11 Å². The van der Waals surface area contributed by atoms with Crippen LogP contribution in [0.25, 0.3) is 0 Å². The third-order valence-electron chi connectivity index (χ3n) is 2.18. The van der Waals surface area contributed by atoms with Crippen molar-refractivity contribution < 1.29 is 9.90 Å². The van der Waals surface area contributed by atoms with Gasteiger partial charge in [-0.1, -0.05) is 0 Å². The summed E-state index contributed by atoms with van der Waals surface area (Å²) in [5, 5.41) is 16.4. The summed E-state index contributed by atoms with van der Waals surface area (Å²) in [4.78, 5) is 14.4. The molecule has 5 nitrogen and oxygen atoms in total. The van der Waals surface area contributed by atoms with E-state index in [-0.39, 0.29) is 6.42 Å². The van der Waals surface area contributed by atoms with E-state index in [2.05, 4.69) is 15.2 Å². The molecule has 5 heteroatoms. The quantitative estimate of drug-likeness (QED) is 0.764. The maximum atomic E-state index is 10.3. The summed E-state index contributed by atoms with van der Waals surface area (Å²) in [6.45, 7) is 0. The zero-order chi connectivity index (χ0) is 9.97. The molecule has 74 valence electrons. The molecular formula is C9H11N3O2. The van der Waals surface area contributed by atoms with Crippen molar-refractivity contribution in [2.24, 2.45) is 0 Å². The molecule has 0 atom stereocenters. The fraction of sp³-hybridized carbons (Fsp3) is 0.556. The lowest BCUT2D eigenvalue weighted by Gasteiger charge is -1.97. The first-order chi connectivity index (χ1) is 6.75. The van der Waals surface area contributed by atoms with Crippen LogP contribution in [0, 0.1) is 0 Å². The Kier molecular flexibility index (Phi) is 2.39. The number of hydrogen-bond donors (Lipinski definition) is 1. The van der Waals surface area contributed by atoms with E-state index in [1.165, 1.54) is 12.8 Å². The van der Waals surface area contributed by atoms with E-state index >= 15 is 0 Å². The molecule has 1 aromatic rings. The van der Waals surface area contributed by atoms with Gasteiger partial charge in [-0.2, -0.15) is 5.10 Å². The predicted octanol–water partition coefficient (Wildman–Crippen LogP) is 0.766. The second kappa shape index (κ2) is 3.69. The lowest BCUT2D eigenvalue weighted by atomic mass is 10.3. The number of rotatable bonds is 4. The molecule has 0 radical (unpaired) electrons. The number of nitrogens with zero attached hydrogens (tertiary/aromatic N) is 3. The topological polar surface area (TPSA) is 76.0 Å². The molecule has 1 aliphatic rings. The van der Waals surface area contributed by atoms with Crippen molar-refractivity contribution in [2.45, 2.75) is 31.6 Å². The molecule has 0 spiro atoms. The largest absolute Gasteiger partial charge is 0.481 e. The van der Waals surface area contributed by atoms with Crippen molar-refractivity contribution in [1.82, 2.24) is 15.2 Å². The molecule has 2 rings (SSSR count). The third kappa shape index (κ3) is 2.25. The van der Waals surface area contributed by atoms with Gasteiger partial charge in [-0.25, -0.2) is 4.98 Å². The highest BCUT2D eigenvalue weighted by atomic mass is 16.4. The van der Waals surface area contributed by atoms with Crippen molar-refractivity contribution in [3.63, 3.8) is 0 Å². The molecule has 1 heterocycles. The van der Waals surface area contributed by atoms with Gasteiger partial charge in [-0.3, -0.25) is 4.79 Å². The van der Waals surface area contributed by atoms with Gasteiger partial charge < -0.3 is 5.11 Å². The van der Waals surface area contributed by atoms with E-state index < -0.39 is 5.97 Å². The fourth-order valence-electron chi connectivity index (χ4n) is 1.21. The van der Waals surface area contributed by atoms with Crippen LogP contribution in [-0.4, -0.2) is 26.3 Å². The van der Waals surface area contributed by atoms with Gasteiger partial charge in [0.2, 0.25) is 0 Å². The minimum Gasteiger partial charge on any atom is -0.481 e. The minimum atomic E-state index is -0.833. The number of aromatic nitrogens is 3. The summed E-state index contributed by atoms with van der Waals surface area (Å²) in [7, 11) is 0. The molecule has 1 aromatic heterocycles. The van der Waals surface area contributed by atoms with Crippen LogP contribution in [0.5, 0.6) is 0 Å². The van der Waals surface area contributed by atoms with Gasteiger partial charge >= 0.3 is 5.97 Å². The van der Waals surface area contributed by atoms with Crippen molar-refractivity contribution in [3.05, 3.63) is 17.7 Å². The van der Waals surface area contributed by atoms with Gasteiger partial charge in [0.1, 0.15) is 0 Å². The van der Waals surface area contributed by atoms with Crippen LogP contribution in [0.4, 0.5) is 0 Å². The number of aryl methyl sites for hydroxylation is 1. The molecule has 0 aliphatic heterocycles. The van der Waals surface area contributed by atoms with Crippen LogP contribution in [0.1, 0.15) is 36.7 Å². The van der Waals surface area contributed by atoms with Gasteiger partial charge in [0, 0.05) is 12.3 Å². The molecule has 1 N–H and O–H groups in total. The predicted molar refractivity (Wildman–Crippen MR) is 47.8 cm³/mol. The maximum Gasteiger partial charge on any atom is 0.303 e. The summed E-state index contributed by atoms with van der Waals surface area (Å²) in [5.41, 5.74) is 0.934. The summed E-state index contributed by atoms with van der Waals surface area (Å²) in [5.74, 6) is 0.222. The fourth-order valence-corrected chi connectivity index (χ4v) is 1.21. The molecule has 1 fully saturated rings. The van der Waals surface area contributed by atoms with Gasteiger partial charge in [0.05, 0.1) is 18.3 Å². The van der Waals surface area contributed by atoms with Crippen LogP contribution in [0.3, 0.4) is 0 Å². The molecule has 0 aromatic carbocycles. The van der Waals surface area contributed by atoms with E-state index in [9.17, 15) is 4.79 Å². The molecule has 0 bridgehead atoms. The first-order valence-electron chi connectivity index (χ1n) is 4.66. The third-order valence-corrected chi connectivity index (χ3v) is 2.18. The monoisotopic (exact) mass is 193 g/mol. The maximum absolute atomic E-state index is 10.3. The summed E-state index contributed by atoms with van der Waals surface area (Å²) in [6, 6.07) is 0. The van der Waals surface area contributed by atoms with Crippen molar-refractivity contribution in [2.75, 3.05) is 0 Å². The normalized spacial score (nSPS) is 15.4. The number of carboxylic acid groups (broad SMARTS) is 1. The second-order valence-corrected chi connectivity index (χ2v) is 3.47. The Morgan fingerprint density at radius 2 is 2.29 bits per heavy atom. The van der Waals surface area contributed by atoms with E-state index in [1.54, 1.807) is 6.20 Å². The summed E-state index contributed by atoms with van der Waals surface area (Å²) < 4.78 is 0. The van der Waals surface area contributed by atoms with Crippen LogP contribution < -0.4 is 0 Å². The highest BCUT2D eigenvalue weighted by Gasteiger charge is 2.25. The molecule has 0 unspecified atom stereocenters. The molecule has 0 saturated heterocycles. The minimum absolute atomic E-state index is 0.0600. The highest BCUT2D eigenvalue weighted by Crippen LogP contribution is 2.38. The molecular weight excluding hydrogens is 182 g/mol. The van der Waals surface area contributed by atoms with E-state index in [1.807, 2.05) is 0 Å². The standard InChI is InChI=1S/C9H11N3O2/c13-9(14)4-3-8-10-5-7(11-12-8)6-1-2-6/h5-6H,1-4H2,(H,13,14). The Labute approximate surface area is 81.2 Å². The number of carboxylic acids is 1. The van der Waals surface area contributed by atoms with Crippen molar-refractivity contribution in [3.8, 4) is 0 Å². The Morgan fingerprint density at radius 3 is 2.79 bits per heavy atom. The van der Waals surface area contributed by atoms with Gasteiger partial charge in [0.15, 0.2) is 5.82 Å². The average Bonchev–Trinajstić information content (AvgIpc) is 2.99. The highest BCUT2D eigenvalue weighted by molar-refractivity contribution is 5.66. The first-order valence-corrected chi connectivity index (χ1v) is 4.66. The number of hydrogen-bond acceptors (Lipinski definition) is 4. The Hall–Kier alpha value is -1.52. The molecule has 1 saturated carbocycles. The summed E-state index contributed by atoms with van der Waals surface area (Å²) >= 11 is 0. The van der Waals surface area contributed by atoms with E-state index in [0.717, 1.165) is 5.69 Å². The molecule has 1 aliphatic carbocycles. The van der Waals surface area contributed by atoms with Crippen LogP contribution in [0.15, 0.2) is 6.20 Å². The lowest BCUT2D eigenvalue weighted by molar-refractivity contribution is -0.137. The Morgan fingerprint density at radius 1 is 1.50 bits per heavy atom. The van der Waals surface area contributed by atoms with Gasteiger partial charge in [-0.05, 0) is 12.8 Å². The zero-order valence-corrected chi connectivity index (χ0v) is 7.68.